The molecule has 0 radical (unpaired) electrons. The van der Waals surface area contributed by atoms with E-state index in [0.29, 0.717) is 11.3 Å². The highest BCUT2D eigenvalue weighted by molar-refractivity contribution is 5.95. The predicted octanol–water partition coefficient (Wildman–Crippen LogP) is 1.79. The minimum Gasteiger partial charge on any atom is -0.324 e. The van der Waals surface area contributed by atoms with Crippen LogP contribution in [0.15, 0.2) is 18.2 Å². The third kappa shape index (κ3) is 3.30. The Labute approximate surface area is 101 Å². The van der Waals surface area contributed by atoms with Gasteiger partial charge in [-0.1, -0.05) is 19.9 Å². The molecule has 1 atom stereocenters. The molecule has 0 unspecified atom stereocenters. The monoisotopic (exact) mass is 231 g/mol. The van der Waals surface area contributed by atoms with Gasteiger partial charge in [0.15, 0.2) is 0 Å². The fraction of sp³-hybridized carbons (Fsp3) is 0.385. The molecule has 1 rings (SSSR count). The lowest BCUT2D eigenvalue weighted by Crippen LogP contribution is -2.39. The van der Waals surface area contributed by atoms with Crippen LogP contribution in [0.25, 0.3) is 0 Å². The van der Waals surface area contributed by atoms with E-state index in [1.807, 2.05) is 26.8 Å². The number of carbonyl (C=O) groups excluding carboxylic acids is 1. The summed E-state index contributed by atoms with van der Waals surface area (Å²) in [5, 5.41) is 11.5. The van der Waals surface area contributed by atoms with E-state index >= 15 is 0 Å². The first kappa shape index (κ1) is 13.2. The molecular formula is C13H17N3O. The van der Waals surface area contributed by atoms with Gasteiger partial charge in [-0.2, -0.15) is 5.26 Å². The smallest absolute Gasteiger partial charge is 0.241 e. The summed E-state index contributed by atoms with van der Waals surface area (Å²) in [7, 11) is 0. The van der Waals surface area contributed by atoms with E-state index in [9.17, 15) is 4.79 Å². The molecule has 3 N–H and O–H groups in total. The van der Waals surface area contributed by atoms with Crippen LogP contribution in [0, 0.1) is 24.2 Å². The van der Waals surface area contributed by atoms with Gasteiger partial charge in [-0.25, -0.2) is 0 Å². The number of nitriles is 1. The first-order valence-corrected chi connectivity index (χ1v) is 5.53. The van der Waals surface area contributed by atoms with E-state index in [0.717, 1.165) is 5.56 Å². The number of aryl methyl sites for hydroxylation is 1. The molecule has 0 aliphatic rings. The van der Waals surface area contributed by atoms with Crippen molar-refractivity contribution in [2.75, 3.05) is 5.32 Å². The molecular weight excluding hydrogens is 214 g/mol. The van der Waals surface area contributed by atoms with Crippen molar-refractivity contribution in [2.24, 2.45) is 11.7 Å². The van der Waals surface area contributed by atoms with E-state index in [4.69, 9.17) is 11.0 Å². The Morgan fingerprint density at radius 1 is 1.47 bits per heavy atom. The van der Waals surface area contributed by atoms with Crippen LogP contribution in [-0.2, 0) is 4.79 Å². The van der Waals surface area contributed by atoms with E-state index < -0.39 is 6.04 Å². The standard InChI is InChI=1S/C13H17N3O/c1-8(2)12(15)13(17)16-11-6-10(7-14)5-4-9(11)3/h4-6,8,12H,15H2,1-3H3,(H,16,17)/t12-/m0/s1. The SMILES string of the molecule is Cc1ccc(C#N)cc1NC(=O)[C@@H](N)C(C)C. The largest absolute Gasteiger partial charge is 0.324 e. The minimum absolute atomic E-state index is 0.0782. The zero-order valence-corrected chi connectivity index (χ0v) is 10.3. The zero-order chi connectivity index (χ0) is 13.0. The van der Waals surface area contributed by atoms with Crippen molar-refractivity contribution in [3.8, 4) is 6.07 Å². The topological polar surface area (TPSA) is 78.9 Å². The molecule has 0 aromatic heterocycles. The fourth-order valence-corrected chi connectivity index (χ4v) is 1.35. The molecule has 0 spiro atoms. The molecule has 17 heavy (non-hydrogen) atoms. The summed E-state index contributed by atoms with van der Waals surface area (Å²) in [5.41, 5.74) is 7.82. The van der Waals surface area contributed by atoms with Gasteiger partial charge in [-0.3, -0.25) is 4.79 Å². The van der Waals surface area contributed by atoms with Crippen LogP contribution in [0.3, 0.4) is 0 Å². The minimum atomic E-state index is -0.542. The van der Waals surface area contributed by atoms with Gasteiger partial charge in [0, 0.05) is 5.69 Å². The molecule has 0 fully saturated rings. The number of nitrogens with two attached hydrogens (primary N) is 1. The van der Waals surface area contributed by atoms with Crippen molar-refractivity contribution in [2.45, 2.75) is 26.8 Å². The lowest BCUT2D eigenvalue weighted by Gasteiger charge is -2.16. The molecule has 4 nitrogen and oxygen atoms in total. The summed E-state index contributed by atoms with van der Waals surface area (Å²) in [6, 6.07) is 6.67. The summed E-state index contributed by atoms with van der Waals surface area (Å²) < 4.78 is 0. The van der Waals surface area contributed by atoms with Gasteiger partial charge < -0.3 is 11.1 Å². The molecule has 0 saturated heterocycles. The number of carbonyl (C=O) groups is 1. The molecule has 0 bridgehead atoms. The van der Waals surface area contributed by atoms with Crippen LogP contribution in [0.1, 0.15) is 25.0 Å². The Bertz CT molecular complexity index is 460. The molecule has 90 valence electrons. The van der Waals surface area contributed by atoms with Crippen LogP contribution in [0.5, 0.6) is 0 Å². The van der Waals surface area contributed by atoms with E-state index in [1.165, 1.54) is 0 Å². The first-order valence-electron chi connectivity index (χ1n) is 5.53. The van der Waals surface area contributed by atoms with Gasteiger partial charge in [-0.05, 0) is 30.5 Å². The van der Waals surface area contributed by atoms with Gasteiger partial charge in [0.05, 0.1) is 17.7 Å². The van der Waals surface area contributed by atoms with Gasteiger partial charge in [0.1, 0.15) is 0 Å². The number of hydrogen-bond acceptors (Lipinski definition) is 3. The van der Waals surface area contributed by atoms with Crippen LogP contribution in [0.2, 0.25) is 0 Å². The molecule has 0 aliphatic carbocycles. The quantitative estimate of drug-likeness (QED) is 0.832. The summed E-state index contributed by atoms with van der Waals surface area (Å²) in [6.45, 7) is 5.66. The van der Waals surface area contributed by atoms with E-state index in [2.05, 4.69) is 5.32 Å². The Morgan fingerprint density at radius 2 is 2.12 bits per heavy atom. The third-order valence-corrected chi connectivity index (χ3v) is 2.65. The molecule has 0 heterocycles. The lowest BCUT2D eigenvalue weighted by atomic mass is 10.0. The summed E-state index contributed by atoms with van der Waals surface area (Å²) in [6.07, 6.45) is 0. The Kier molecular flexibility index (Phi) is 4.24. The molecule has 1 aromatic rings. The summed E-state index contributed by atoms with van der Waals surface area (Å²) >= 11 is 0. The Hall–Kier alpha value is -1.86. The second kappa shape index (κ2) is 5.46. The van der Waals surface area contributed by atoms with Crippen LogP contribution in [-0.4, -0.2) is 11.9 Å². The van der Waals surface area contributed by atoms with Gasteiger partial charge in [0.2, 0.25) is 5.91 Å². The van der Waals surface area contributed by atoms with Gasteiger partial charge in [0.25, 0.3) is 0 Å². The van der Waals surface area contributed by atoms with Crippen molar-refractivity contribution in [3.05, 3.63) is 29.3 Å². The summed E-state index contributed by atoms with van der Waals surface area (Å²) in [4.78, 5) is 11.8. The second-order valence-electron chi connectivity index (χ2n) is 4.40. The van der Waals surface area contributed by atoms with Crippen molar-refractivity contribution in [1.82, 2.24) is 0 Å². The average Bonchev–Trinajstić information content (AvgIpc) is 2.30. The highest BCUT2D eigenvalue weighted by atomic mass is 16.2. The maximum Gasteiger partial charge on any atom is 0.241 e. The number of amides is 1. The van der Waals surface area contributed by atoms with Crippen LogP contribution < -0.4 is 11.1 Å². The lowest BCUT2D eigenvalue weighted by molar-refractivity contribution is -0.118. The Morgan fingerprint density at radius 3 is 2.65 bits per heavy atom. The van der Waals surface area contributed by atoms with Gasteiger partial charge in [-0.15, -0.1) is 0 Å². The summed E-state index contributed by atoms with van der Waals surface area (Å²) in [5.74, 6) is -0.146. The first-order chi connectivity index (χ1) is 7.95. The number of rotatable bonds is 3. The number of nitrogens with zero attached hydrogens (tertiary/aromatic N) is 1. The van der Waals surface area contributed by atoms with Crippen LogP contribution >= 0.6 is 0 Å². The predicted molar refractivity (Wildman–Crippen MR) is 67.3 cm³/mol. The highest BCUT2D eigenvalue weighted by Crippen LogP contribution is 2.17. The highest BCUT2D eigenvalue weighted by Gasteiger charge is 2.17. The molecule has 0 saturated carbocycles. The fourth-order valence-electron chi connectivity index (χ4n) is 1.35. The van der Waals surface area contributed by atoms with E-state index in [-0.39, 0.29) is 11.8 Å². The molecule has 1 amide bonds. The normalized spacial score (nSPS) is 12.0. The number of hydrogen-bond donors (Lipinski definition) is 2. The second-order valence-corrected chi connectivity index (χ2v) is 4.40. The molecule has 0 aliphatic heterocycles. The maximum atomic E-state index is 11.8. The average molecular weight is 231 g/mol. The van der Waals surface area contributed by atoms with Crippen molar-refractivity contribution >= 4 is 11.6 Å². The van der Waals surface area contributed by atoms with Gasteiger partial charge >= 0.3 is 0 Å². The maximum absolute atomic E-state index is 11.8. The van der Waals surface area contributed by atoms with Crippen molar-refractivity contribution in [1.29, 1.82) is 5.26 Å². The molecule has 4 heteroatoms. The number of nitrogens with one attached hydrogen (secondary N) is 1. The molecule has 1 aromatic carbocycles. The third-order valence-electron chi connectivity index (χ3n) is 2.65. The zero-order valence-electron chi connectivity index (χ0n) is 10.3. The van der Waals surface area contributed by atoms with E-state index in [1.54, 1.807) is 18.2 Å². The number of anilines is 1. The van der Waals surface area contributed by atoms with Crippen LogP contribution in [0.4, 0.5) is 5.69 Å². The Balaban J connectivity index is 2.88. The van der Waals surface area contributed by atoms with Crippen molar-refractivity contribution in [3.63, 3.8) is 0 Å². The number of benzene rings is 1. The van der Waals surface area contributed by atoms with Crippen molar-refractivity contribution < 1.29 is 4.79 Å².